The first-order chi connectivity index (χ1) is 57.0. The molecule has 0 spiro atoms. The van der Waals surface area contributed by atoms with Gasteiger partial charge in [0.15, 0.2) is 71.6 Å². The van der Waals surface area contributed by atoms with Crippen LogP contribution in [0.2, 0.25) is 0 Å². The monoisotopic (exact) mass is 2120 g/mol. The maximum atomic E-state index is 15.3. The highest BCUT2D eigenvalue weighted by Crippen LogP contribution is 2.57. The number of allylic oxidation sites excluding steroid dienone is 4. The highest BCUT2D eigenvalue weighted by Gasteiger charge is 2.70. The fraction of sp³-hybridized carbons (Fsp3) is 0.468. The Labute approximate surface area is 762 Å². The number of esters is 2. The van der Waals surface area contributed by atoms with Gasteiger partial charge < -0.3 is 63.6 Å². The first-order valence-corrected chi connectivity index (χ1v) is 45.3. The number of para-hydroxylation sites is 2. The molecule has 4 fully saturated rings. The SMILES string of the molecule is C.C=C=C[C@]1(F)[C@H](N2C=CC(=O)CC2=O)O[C@](F)(CI)[C@H]1C.C=C=C[C@]1(F)[C@H](N2C=CC(=O)CC2=O)O[C@](F)(CI)[C@H]1O.C=C=C[C@]1(F)[C@H](N2C=CC(=O)CC2=O)O[C@](F)(CO)[C@H]1C.C=C=C[C@]1(F)[C@H](N2C=CC(=O)CC2=O)O[C@](F)(CO)[C@H]1O.CC(C)OC(=O)[C@H](C)N.CC(C)OC(=O)[C@H](C)NP(=O)(Cl)Oc1ccccc1.Cl.O=P(Cl)(Cl)Oc1ccccc1. The predicted molar refractivity (Wildman–Crippen MR) is 459 cm³/mol. The van der Waals surface area contributed by atoms with Crippen LogP contribution >= 0.6 is 104 Å². The van der Waals surface area contributed by atoms with Gasteiger partial charge in [-0.05, 0) is 102 Å². The van der Waals surface area contributed by atoms with Crippen molar-refractivity contribution in [2.45, 2.75) is 196 Å². The fourth-order valence-electron chi connectivity index (χ4n) is 11.6. The molecule has 1 unspecified atom stereocenters. The van der Waals surface area contributed by atoms with Gasteiger partial charge in [0.2, 0.25) is 52.5 Å². The number of alkyl halides is 10. The molecule has 4 saturated heterocycles. The number of hydrogen-bond donors (Lipinski definition) is 6. The van der Waals surface area contributed by atoms with Crippen LogP contribution < -0.4 is 19.9 Å². The summed E-state index contributed by atoms with van der Waals surface area (Å²) in [6.07, 6.45) is -5.23. The molecule has 0 aliphatic carbocycles. The molecular formula is C79H94Cl4F8I2N6O24P2. The Balaban J connectivity index is 0.000000500. The zero-order valence-electron chi connectivity index (χ0n) is 67.2. The van der Waals surface area contributed by atoms with E-state index in [1.807, 2.05) is 0 Å². The third-order valence-corrected chi connectivity index (χ3v) is 22.5. The van der Waals surface area contributed by atoms with Gasteiger partial charge >= 0.3 is 24.9 Å². The molecule has 692 valence electrons. The van der Waals surface area contributed by atoms with Crippen LogP contribution in [0.4, 0.5) is 35.1 Å². The summed E-state index contributed by atoms with van der Waals surface area (Å²) >= 11 is 19.5. The van der Waals surface area contributed by atoms with E-state index in [1.54, 1.807) is 140 Å². The molecular weight excluding hydrogens is 2030 g/mol. The molecule has 10 rings (SSSR count). The molecule has 2 aromatic carbocycles. The van der Waals surface area contributed by atoms with Crippen LogP contribution in [0.5, 0.6) is 11.5 Å². The second kappa shape index (κ2) is 48.4. The predicted octanol–water partition coefficient (Wildman–Crippen LogP) is 12.7. The first kappa shape index (κ1) is 114. The van der Waals surface area contributed by atoms with Gasteiger partial charge in [-0.15, -0.1) is 35.3 Å². The minimum atomic E-state index is -3.65. The molecule has 2 aromatic rings. The normalized spacial score (nSPS) is 30.9. The number of rotatable bonds is 22. The highest BCUT2D eigenvalue weighted by atomic mass is 127. The fourth-order valence-corrected chi connectivity index (χ4v) is 15.6. The minimum absolute atomic E-state index is 0. The Bertz CT molecular complexity index is 4240. The molecule has 125 heavy (non-hydrogen) atoms. The van der Waals surface area contributed by atoms with Crippen LogP contribution in [0.15, 0.2) is 183 Å². The number of ether oxygens (including phenoxy) is 6. The number of hydrogen-bond acceptors (Lipinski definition) is 25. The summed E-state index contributed by atoms with van der Waals surface area (Å²) in [5, 5.41) is 40.2. The molecule has 4 amide bonds. The van der Waals surface area contributed by atoms with E-state index in [0.29, 0.717) is 22.5 Å². The molecule has 0 aromatic heterocycles. The van der Waals surface area contributed by atoms with Crippen molar-refractivity contribution >= 4 is 163 Å². The van der Waals surface area contributed by atoms with E-state index < -0.39 is 200 Å². The maximum Gasteiger partial charge on any atom is 0.428 e. The van der Waals surface area contributed by atoms with E-state index in [9.17, 15) is 89.2 Å². The molecule has 0 saturated carbocycles. The number of carbonyl (C=O) groups is 10. The van der Waals surface area contributed by atoms with Crippen LogP contribution in [0, 0.1) is 11.8 Å². The van der Waals surface area contributed by atoms with Gasteiger partial charge in [-0.3, -0.25) is 67.5 Å². The van der Waals surface area contributed by atoms with Crippen LogP contribution in [0.25, 0.3) is 0 Å². The second-order valence-corrected chi connectivity index (χ2v) is 36.4. The number of benzene rings is 2. The third kappa shape index (κ3) is 29.6. The number of carbonyl (C=O) groups excluding carboxylic acids is 10. The number of halogens is 14. The smallest absolute Gasteiger partial charge is 0.428 e. The van der Waals surface area contributed by atoms with E-state index in [1.165, 1.54) is 20.8 Å². The van der Waals surface area contributed by atoms with Crippen LogP contribution in [-0.4, -0.2) is 228 Å². The number of nitrogens with zero attached hydrogens (tertiary/aromatic N) is 4. The summed E-state index contributed by atoms with van der Waals surface area (Å²) in [5.74, 6) is -17.9. The summed E-state index contributed by atoms with van der Waals surface area (Å²) in [4.78, 5) is 117. The van der Waals surface area contributed by atoms with Gasteiger partial charge in [0.1, 0.15) is 36.8 Å². The van der Waals surface area contributed by atoms with Gasteiger partial charge in [-0.1, -0.05) is 129 Å². The van der Waals surface area contributed by atoms with Crippen molar-refractivity contribution in [2.75, 3.05) is 22.1 Å². The van der Waals surface area contributed by atoms with Gasteiger partial charge in [0.05, 0.1) is 58.6 Å². The lowest BCUT2D eigenvalue weighted by molar-refractivity contribution is -0.212. The van der Waals surface area contributed by atoms with E-state index in [4.69, 9.17) is 82.6 Å². The molecule has 30 nitrogen and oxygen atoms in total. The maximum absolute atomic E-state index is 15.3. The molecule has 8 aliphatic heterocycles. The molecule has 8 aliphatic rings. The van der Waals surface area contributed by atoms with Crippen molar-refractivity contribution in [3.8, 4) is 11.5 Å². The summed E-state index contributed by atoms with van der Waals surface area (Å²) < 4.78 is 180. The molecule has 0 radical (unpaired) electrons. The lowest BCUT2D eigenvalue weighted by atomic mass is 9.86. The number of nitrogens with one attached hydrogen (secondary N) is 1. The zero-order chi connectivity index (χ0) is 93.6. The number of nitrogens with two attached hydrogens (primary N) is 1. The summed E-state index contributed by atoms with van der Waals surface area (Å²) in [5.41, 5.74) is 3.66. The number of aliphatic hydroxyl groups is 4. The van der Waals surface area contributed by atoms with Crippen LogP contribution in [0.1, 0.15) is 88.5 Å². The van der Waals surface area contributed by atoms with Crippen molar-refractivity contribution in [3.05, 3.63) is 183 Å². The highest BCUT2D eigenvalue weighted by molar-refractivity contribution is 14.1. The average molecular weight is 2120 g/mol. The molecule has 0 bridgehead atoms. The molecule has 8 heterocycles. The Morgan fingerprint density at radius 3 is 1.09 bits per heavy atom. The van der Waals surface area contributed by atoms with Crippen molar-refractivity contribution in [2.24, 2.45) is 17.6 Å². The van der Waals surface area contributed by atoms with E-state index in [-0.39, 0.29) is 59.1 Å². The molecule has 46 heteroatoms. The quantitative estimate of drug-likeness (QED) is 0.0121. The van der Waals surface area contributed by atoms with Gasteiger partial charge in [-0.25, -0.2) is 49.3 Å². The van der Waals surface area contributed by atoms with Gasteiger partial charge in [0, 0.05) is 70.7 Å². The standard InChI is InChI=1S/C14H14F2INO3.C14H15F2NO4.C13H12F2INO4.C13H13F2NO5.C12H17ClNO4P.C6H5Cl2O2P.C6H13NO2.CH4.ClH/c1-3-5-13(15)9(2)14(16,8-17)21-12(13)18-6-4-10(19)7-11(18)20;1-3-5-13(15)9(2)14(16,8-18)21-12(13)17-6-4-10(19)7-11(17)20;1-2-4-12(14)10(20)13(15,7-16)21-11(12)17-5-3-8(18)6-9(17)19;1-2-4-12(14)10(20)13(15,7-17)21-11(12)16-5-3-8(18)6-9(16)19;1-9(2)17-12(15)10(3)14-19(13,16)18-11-7-5-4-6-8-11;7-11(8,9)10-6-4-2-1-3-5-6;1-4(2)9-6(8)5(3)7;;/h4-6,9,12H,1,7-8H2,2H3;4-6,9,12,18H,1,7-8H2,2H3;3-5,10-11,20H,1,6-7H2;3-5,10-11,17,20H,1,6-7H2;4-10H,1-3H3,(H,14,16);1-5H;4-5H,7H2,1-3H3;1H4;1H/t2*9-,12+,13+,14+;2*10-,11+,12+,13+;10-,19?;;5-;;/m00000.0../s1. The number of amides is 4. The Morgan fingerprint density at radius 1 is 0.520 bits per heavy atom. The van der Waals surface area contributed by atoms with Gasteiger partial charge in [-0.2, -0.15) is 0 Å². The van der Waals surface area contributed by atoms with Crippen molar-refractivity contribution in [1.82, 2.24) is 24.7 Å². The zero-order valence-corrected chi connectivity index (χ0v) is 76.3. The van der Waals surface area contributed by atoms with Crippen LogP contribution in [0.3, 0.4) is 0 Å². The number of ketones is 4. The molecule has 19 atom stereocenters. The Kier molecular flexibility index (Phi) is 44.0. The largest absolute Gasteiger partial charge is 0.462 e. The molecule has 7 N–H and O–H groups in total. The third-order valence-electron chi connectivity index (χ3n) is 18.0. The summed E-state index contributed by atoms with van der Waals surface area (Å²) in [6, 6.07) is 15.7. The lowest BCUT2D eigenvalue weighted by Crippen LogP contribution is -2.52. The average Bonchev–Trinajstić information content (AvgIpc) is 1.60. The Hall–Kier alpha value is -7.30. The topological polar surface area (TPSA) is 411 Å². The van der Waals surface area contributed by atoms with E-state index in [2.05, 4.69) is 58.9 Å². The first-order valence-electron chi connectivity index (χ1n) is 36.3. The second-order valence-electron chi connectivity index (χ2n) is 27.9. The lowest BCUT2D eigenvalue weighted by Gasteiger charge is -2.33. The van der Waals surface area contributed by atoms with Crippen molar-refractivity contribution < 1.29 is 150 Å². The van der Waals surface area contributed by atoms with Crippen molar-refractivity contribution in [1.29, 1.82) is 0 Å². The Morgan fingerprint density at radius 2 is 0.800 bits per heavy atom. The van der Waals surface area contributed by atoms with Crippen molar-refractivity contribution in [3.63, 3.8) is 0 Å². The van der Waals surface area contributed by atoms with E-state index in [0.717, 1.165) is 82.0 Å². The van der Waals surface area contributed by atoms with Crippen LogP contribution in [-0.2, 0) is 85.5 Å². The number of aliphatic hydroxyl groups excluding tert-OH is 4. The summed E-state index contributed by atoms with van der Waals surface area (Å²) in [6.45, 7) is 19.6. The minimum Gasteiger partial charge on any atom is -0.462 e. The summed E-state index contributed by atoms with van der Waals surface area (Å²) in [7, 11) is 0. The van der Waals surface area contributed by atoms with Gasteiger partial charge in [0.25, 0.3) is 5.85 Å². The van der Waals surface area contributed by atoms with E-state index >= 15 is 13.2 Å².